The smallest absolute Gasteiger partial charge is 0.309 e. The predicted molar refractivity (Wildman–Crippen MR) is 117 cm³/mol. The van der Waals surface area contributed by atoms with E-state index in [4.69, 9.17) is 14.6 Å². The van der Waals surface area contributed by atoms with Crippen molar-refractivity contribution in [2.45, 2.75) is 44.6 Å². The van der Waals surface area contributed by atoms with Gasteiger partial charge in [-0.2, -0.15) is 4.98 Å². The van der Waals surface area contributed by atoms with Crippen LogP contribution >= 0.6 is 12.4 Å². The van der Waals surface area contributed by atoms with Gasteiger partial charge in [-0.05, 0) is 29.2 Å². The lowest BCUT2D eigenvalue weighted by Crippen LogP contribution is -2.49. The van der Waals surface area contributed by atoms with Gasteiger partial charge in [-0.3, -0.25) is 9.69 Å². The van der Waals surface area contributed by atoms with E-state index in [2.05, 4.69) is 34.3 Å². The van der Waals surface area contributed by atoms with Crippen molar-refractivity contribution in [3.05, 3.63) is 47.9 Å². The van der Waals surface area contributed by atoms with Gasteiger partial charge in [0.15, 0.2) is 0 Å². The SMILES string of the molecule is Cl.O=C(O)C1CN(Cc2ccc(-c3noc(C4CCCCC4)n3)c3ccccc23)C1. The van der Waals surface area contributed by atoms with E-state index >= 15 is 0 Å². The van der Waals surface area contributed by atoms with Crippen molar-refractivity contribution in [2.75, 3.05) is 13.1 Å². The molecule has 6 nitrogen and oxygen atoms in total. The Morgan fingerprint density at radius 1 is 1.07 bits per heavy atom. The lowest BCUT2D eigenvalue weighted by molar-refractivity contribution is -0.147. The van der Waals surface area contributed by atoms with Crippen molar-refractivity contribution in [3.63, 3.8) is 0 Å². The Morgan fingerprint density at radius 2 is 1.80 bits per heavy atom. The summed E-state index contributed by atoms with van der Waals surface area (Å²) < 4.78 is 5.64. The maximum Gasteiger partial charge on any atom is 0.309 e. The predicted octanol–water partition coefficient (Wildman–Crippen LogP) is 4.88. The van der Waals surface area contributed by atoms with Gasteiger partial charge in [-0.25, -0.2) is 0 Å². The van der Waals surface area contributed by atoms with E-state index in [1.54, 1.807) is 0 Å². The summed E-state index contributed by atoms with van der Waals surface area (Å²) in [6.07, 6.45) is 6.04. The van der Waals surface area contributed by atoms with Gasteiger partial charge in [-0.15, -0.1) is 12.4 Å². The number of nitrogens with zero attached hydrogens (tertiary/aromatic N) is 3. The van der Waals surface area contributed by atoms with Crippen LogP contribution in [0, 0.1) is 5.92 Å². The molecule has 2 heterocycles. The number of likely N-dealkylation sites (tertiary alicyclic amines) is 1. The van der Waals surface area contributed by atoms with E-state index < -0.39 is 5.97 Å². The molecule has 0 amide bonds. The summed E-state index contributed by atoms with van der Waals surface area (Å²) in [5.74, 6) is 0.880. The third-order valence-corrected chi connectivity index (χ3v) is 6.35. The molecule has 5 rings (SSSR count). The molecule has 158 valence electrons. The zero-order chi connectivity index (χ0) is 19.8. The fraction of sp³-hybridized carbons (Fsp3) is 0.435. The molecule has 1 N–H and O–H groups in total. The summed E-state index contributed by atoms with van der Waals surface area (Å²) in [6, 6.07) is 12.5. The van der Waals surface area contributed by atoms with Crippen LogP contribution in [0.15, 0.2) is 40.9 Å². The Morgan fingerprint density at radius 3 is 2.53 bits per heavy atom. The fourth-order valence-corrected chi connectivity index (χ4v) is 4.65. The summed E-state index contributed by atoms with van der Waals surface area (Å²) >= 11 is 0. The maximum atomic E-state index is 11.1. The minimum atomic E-state index is -0.702. The van der Waals surface area contributed by atoms with Gasteiger partial charge in [0.1, 0.15) is 0 Å². The first-order valence-corrected chi connectivity index (χ1v) is 10.5. The van der Waals surface area contributed by atoms with Gasteiger partial charge in [-0.1, -0.05) is 60.8 Å². The second kappa shape index (κ2) is 8.74. The van der Waals surface area contributed by atoms with Crippen LogP contribution in [0.1, 0.15) is 49.5 Å². The zero-order valence-corrected chi connectivity index (χ0v) is 17.6. The number of carbonyl (C=O) groups is 1. The number of fused-ring (bicyclic) bond motifs is 1. The normalized spacial score (nSPS) is 18.1. The number of benzene rings is 2. The van der Waals surface area contributed by atoms with Crippen molar-refractivity contribution in [2.24, 2.45) is 5.92 Å². The number of carboxylic acid groups (broad SMARTS) is 1. The molecule has 7 heteroatoms. The van der Waals surface area contributed by atoms with E-state index in [1.165, 1.54) is 24.8 Å². The lowest BCUT2D eigenvalue weighted by atomic mass is 9.89. The molecule has 1 saturated heterocycles. The van der Waals surface area contributed by atoms with Crippen LogP contribution in [-0.4, -0.2) is 39.2 Å². The van der Waals surface area contributed by atoms with Crippen LogP contribution in [-0.2, 0) is 11.3 Å². The third-order valence-electron chi connectivity index (χ3n) is 6.35. The number of hydrogen-bond acceptors (Lipinski definition) is 5. The van der Waals surface area contributed by atoms with Crippen molar-refractivity contribution in [1.29, 1.82) is 0 Å². The van der Waals surface area contributed by atoms with Crippen molar-refractivity contribution in [1.82, 2.24) is 15.0 Å². The summed E-state index contributed by atoms with van der Waals surface area (Å²) in [6.45, 7) is 1.98. The molecule has 2 aliphatic rings. The molecule has 0 bridgehead atoms. The Kier molecular flexibility index (Phi) is 6.06. The molecule has 0 radical (unpaired) electrons. The van der Waals surface area contributed by atoms with Crippen LogP contribution in [0.25, 0.3) is 22.2 Å². The van der Waals surface area contributed by atoms with Crippen molar-refractivity contribution < 1.29 is 14.4 Å². The maximum absolute atomic E-state index is 11.1. The quantitative estimate of drug-likeness (QED) is 0.625. The Bertz CT molecular complexity index is 1040. The van der Waals surface area contributed by atoms with E-state index in [0.29, 0.717) is 24.8 Å². The zero-order valence-electron chi connectivity index (χ0n) is 16.8. The summed E-state index contributed by atoms with van der Waals surface area (Å²) in [5.41, 5.74) is 2.19. The molecule has 0 spiro atoms. The molecule has 2 fully saturated rings. The minimum absolute atomic E-state index is 0. The van der Waals surface area contributed by atoms with Gasteiger partial charge in [0, 0.05) is 31.1 Å². The Labute approximate surface area is 181 Å². The second-order valence-electron chi connectivity index (χ2n) is 8.34. The topological polar surface area (TPSA) is 79.5 Å². The highest BCUT2D eigenvalue weighted by molar-refractivity contribution is 5.97. The van der Waals surface area contributed by atoms with Crippen molar-refractivity contribution >= 4 is 29.1 Å². The van der Waals surface area contributed by atoms with Crippen LogP contribution in [0.2, 0.25) is 0 Å². The first kappa shape index (κ1) is 20.8. The van der Waals surface area contributed by atoms with Gasteiger partial charge in [0.2, 0.25) is 11.7 Å². The molecule has 1 saturated carbocycles. The van der Waals surface area contributed by atoms with E-state index in [0.717, 1.165) is 41.6 Å². The van der Waals surface area contributed by atoms with E-state index in [-0.39, 0.29) is 18.3 Å². The number of rotatable bonds is 5. The number of carboxylic acids is 1. The highest BCUT2D eigenvalue weighted by atomic mass is 35.5. The number of halogens is 1. The molecular weight excluding hydrogens is 402 g/mol. The monoisotopic (exact) mass is 427 g/mol. The largest absolute Gasteiger partial charge is 0.481 e. The van der Waals surface area contributed by atoms with Gasteiger partial charge < -0.3 is 9.63 Å². The highest BCUT2D eigenvalue weighted by Crippen LogP contribution is 2.35. The van der Waals surface area contributed by atoms with Gasteiger partial charge >= 0.3 is 5.97 Å². The summed E-state index contributed by atoms with van der Waals surface area (Å²) in [4.78, 5) is 18.0. The molecule has 2 aromatic carbocycles. The number of aromatic nitrogens is 2. The molecule has 1 aromatic heterocycles. The van der Waals surface area contributed by atoms with Crippen molar-refractivity contribution in [3.8, 4) is 11.4 Å². The molecule has 1 aliphatic carbocycles. The summed E-state index contributed by atoms with van der Waals surface area (Å²) in [5, 5.41) is 15.7. The van der Waals surface area contributed by atoms with Crippen LogP contribution < -0.4 is 0 Å². The van der Waals surface area contributed by atoms with Crippen LogP contribution in [0.3, 0.4) is 0 Å². The van der Waals surface area contributed by atoms with Crippen LogP contribution in [0.5, 0.6) is 0 Å². The van der Waals surface area contributed by atoms with Gasteiger partial charge in [0.25, 0.3) is 0 Å². The lowest BCUT2D eigenvalue weighted by Gasteiger charge is -2.36. The number of hydrogen-bond donors (Lipinski definition) is 1. The molecule has 0 atom stereocenters. The van der Waals surface area contributed by atoms with E-state index in [9.17, 15) is 4.79 Å². The molecule has 3 aromatic rings. The fourth-order valence-electron chi connectivity index (χ4n) is 4.65. The molecule has 0 unspecified atom stereocenters. The highest BCUT2D eigenvalue weighted by Gasteiger charge is 2.32. The second-order valence-corrected chi connectivity index (χ2v) is 8.34. The first-order valence-electron chi connectivity index (χ1n) is 10.5. The Balaban J connectivity index is 0.00000218. The third kappa shape index (κ3) is 3.94. The standard InChI is InChI=1S/C23H25N3O3.ClH/c27-23(28)17-13-26(14-17)12-16-10-11-20(19-9-5-4-8-18(16)19)21-24-22(29-25-21)15-6-2-1-3-7-15;/h4-5,8-11,15,17H,1-3,6-7,12-14H2,(H,27,28);1H. The Hall–Kier alpha value is -2.44. The minimum Gasteiger partial charge on any atom is -0.481 e. The first-order chi connectivity index (χ1) is 14.2. The van der Waals surface area contributed by atoms with E-state index in [1.807, 2.05) is 12.1 Å². The van der Waals surface area contributed by atoms with Crippen LogP contribution in [0.4, 0.5) is 0 Å². The summed E-state index contributed by atoms with van der Waals surface area (Å²) in [7, 11) is 0. The molecule has 30 heavy (non-hydrogen) atoms. The number of aliphatic carboxylic acids is 1. The molecule has 1 aliphatic heterocycles. The average Bonchev–Trinajstić information content (AvgIpc) is 3.20. The van der Waals surface area contributed by atoms with Gasteiger partial charge in [0.05, 0.1) is 5.92 Å². The average molecular weight is 428 g/mol. The molecular formula is C23H26ClN3O3.